The van der Waals surface area contributed by atoms with Gasteiger partial charge in [0.2, 0.25) is 0 Å². The standard InChI is InChI=1S/C11H17BrN2O3S2/c12-10-3-8-18-11(10)19(15,16)14-6-7-17-9-1-4-13-5-2-9/h3,8-9,13-14H,1-2,4-7H2. The lowest BCUT2D eigenvalue weighted by atomic mass is 10.1. The normalized spacial score (nSPS) is 17.7. The van der Waals surface area contributed by atoms with Gasteiger partial charge in [0.25, 0.3) is 10.0 Å². The Morgan fingerprint density at radius 3 is 2.84 bits per heavy atom. The van der Waals surface area contributed by atoms with Crippen LogP contribution in [0.4, 0.5) is 0 Å². The fraction of sp³-hybridized carbons (Fsp3) is 0.636. The Kier molecular flexibility index (Phi) is 5.79. The second-order valence-electron chi connectivity index (χ2n) is 4.27. The molecular weight excluding hydrogens is 352 g/mol. The summed E-state index contributed by atoms with van der Waals surface area (Å²) in [6.07, 6.45) is 2.23. The lowest BCUT2D eigenvalue weighted by Gasteiger charge is -2.22. The van der Waals surface area contributed by atoms with Crippen molar-refractivity contribution in [1.82, 2.24) is 10.0 Å². The van der Waals surface area contributed by atoms with Crippen LogP contribution in [0.3, 0.4) is 0 Å². The monoisotopic (exact) mass is 368 g/mol. The van der Waals surface area contributed by atoms with Crippen LogP contribution in [0, 0.1) is 0 Å². The van der Waals surface area contributed by atoms with E-state index in [9.17, 15) is 8.42 Å². The predicted molar refractivity (Wildman–Crippen MR) is 79.1 cm³/mol. The maximum Gasteiger partial charge on any atom is 0.251 e. The van der Waals surface area contributed by atoms with Gasteiger partial charge in [-0.25, -0.2) is 13.1 Å². The Bertz CT molecular complexity index is 498. The number of nitrogens with one attached hydrogen (secondary N) is 2. The number of hydrogen-bond acceptors (Lipinski definition) is 5. The van der Waals surface area contributed by atoms with Crippen LogP contribution in [-0.2, 0) is 14.8 Å². The molecular formula is C11H17BrN2O3S2. The van der Waals surface area contributed by atoms with Crippen molar-refractivity contribution in [2.45, 2.75) is 23.2 Å². The fourth-order valence-corrected chi connectivity index (χ4v) is 5.29. The Balaban J connectivity index is 1.74. The molecule has 19 heavy (non-hydrogen) atoms. The minimum absolute atomic E-state index is 0.249. The molecule has 0 saturated carbocycles. The van der Waals surface area contributed by atoms with Gasteiger partial charge in [-0.1, -0.05) is 0 Å². The summed E-state index contributed by atoms with van der Waals surface area (Å²) < 4.78 is 33.1. The highest BCUT2D eigenvalue weighted by atomic mass is 79.9. The van der Waals surface area contributed by atoms with E-state index in [1.165, 1.54) is 11.3 Å². The first kappa shape index (κ1) is 15.4. The number of rotatable bonds is 6. The van der Waals surface area contributed by atoms with Crippen LogP contribution in [-0.4, -0.2) is 40.8 Å². The Morgan fingerprint density at radius 2 is 2.21 bits per heavy atom. The molecule has 1 aromatic rings. The third-order valence-electron chi connectivity index (χ3n) is 2.86. The van der Waals surface area contributed by atoms with Gasteiger partial charge in [0.15, 0.2) is 0 Å². The second kappa shape index (κ2) is 7.14. The molecule has 5 nitrogen and oxygen atoms in total. The van der Waals surface area contributed by atoms with E-state index in [0.717, 1.165) is 25.9 Å². The molecule has 108 valence electrons. The molecule has 1 fully saturated rings. The number of sulfonamides is 1. The molecule has 1 saturated heterocycles. The first-order valence-electron chi connectivity index (χ1n) is 6.14. The van der Waals surface area contributed by atoms with Crippen LogP contribution in [0.15, 0.2) is 20.1 Å². The third kappa shape index (κ3) is 4.51. The molecule has 0 atom stereocenters. The summed E-state index contributed by atoms with van der Waals surface area (Å²) in [5, 5.41) is 5.00. The first-order chi connectivity index (χ1) is 9.09. The predicted octanol–water partition coefficient (Wildman–Crippen LogP) is 1.56. The minimum Gasteiger partial charge on any atom is -0.377 e. The molecule has 1 aliphatic rings. The smallest absolute Gasteiger partial charge is 0.251 e. The zero-order chi connectivity index (χ0) is 13.7. The zero-order valence-corrected chi connectivity index (χ0v) is 13.6. The molecule has 0 bridgehead atoms. The SMILES string of the molecule is O=S(=O)(NCCOC1CCNCC1)c1sccc1Br. The first-order valence-corrected chi connectivity index (χ1v) is 9.30. The molecule has 0 unspecified atom stereocenters. The number of halogens is 1. The van der Waals surface area contributed by atoms with Gasteiger partial charge in [-0.05, 0) is 53.3 Å². The van der Waals surface area contributed by atoms with Crippen molar-refractivity contribution in [3.05, 3.63) is 15.9 Å². The summed E-state index contributed by atoms with van der Waals surface area (Å²) >= 11 is 4.42. The van der Waals surface area contributed by atoms with E-state index in [1.807, 2.05) is 0 Å². The van der Waals surface area contributed by atoms with E-state index in [4.69, 9.17) is 4.74 Å². The Hall–Kier alpha value is 0.01000. The topological polar surface area (TPSA) is 67.4 Å². The summed E-state index contributed by atoms with van der Waals surface area (Å²) in [5.74, 6) is 0. The van der Waals surface area contributed by atoms with Crippen LogP contribution in [0.25, 0.3) is 0 Å². The van der Waals surface area contributed by atoms with Gasteiger partial charge >= 0.3 is 0 Å². The fourth-order valence-electron chi connectivity index (χ4n) is 1.90. The highest BCUT2D eigenvalue weighted by molar-refractivity contribution is 9.10. The quantitative estimate of drug-likeness (QED) is 0.747. The number of piperidine rings is 1. The molecule has 1 aromatic heterocycles. The van der Waals surface area contributed by atoms with Crippen molar-refractivity contribution in [2.24, 2.45) is 0 Å². The van der Waals surface area contributed by atoms with E-state index in [1.54, 1.807) is 11.4 Å². The van der Waals surface area contributed by atoms with Crippen molar-refractivity contribution in [1.29, 1.82) is 0 Å². The highest BCUT2D eigenvalue weighted by Gasteiger charge is 2.19. The van der Waals surface area contributed by atoms with Gasteiger partial charge in [0, 0.05) is 11.0 Å². The maximum absolute atomic E-state index is 12.0. The number of ether oxygens (including phenoxy) is 1. The lowest BCUT2D eigenvalue weighted by Crippen LogP contribution is -2.34. The van der Waals surface area contributed by atoms with Crippen molar-refractivity contribution in [3.8, 4) is 0 Å². The van der Waals surface area contributed by atoms with Gasteiger partial charge in [0.1, 0.15) is 4.21 Å². The molecule has 0 spiro atoms. The summed E-state index contributed by atoms with van der Waals surface area (Å²) in [7, 11) is -3.42. The number of hydrogen-bond donors (Lipinski definition) is 2. The molecule has 0 aliphatic carbocycles. The average molecular weight is 369 g/mol. The minimum atomic E-state index is -3.42. The van der Waals surface area contributed by atoms with E-state index in [-0.39, 0.29) is 6.10 Å². The molecule has 0 radical (unpaired) electrons. The Labute approximate surface area is 125 Å². The zero-order valence-electron chi connectivity index (χ0n) is 10.4. The van der Waals surface area contributed by atoms with Gasteiger partial charge in [-0.3, -0.25) is 0 Å². The maximum atomic E-state index is 12.0. The summed E-state index contributed by atoms with van der Waals surface area (Å²) in [5.41, 5.74) is 0. The van der Waals surface area contributed by atoms with Crippen molar-refractivity contribution in [3.63, 3.8) is 0 Å². The van der Waals surface area contributed by atoms with Crippen molar-refractivity contribution >= 4 is 37.3 Å². The van der Waals surface area contributed by atoms with E-state index in [0.29, 0.717) is 21.8 Å². The molecule has 0 aromatic carbocycles. The van der Waals surface area contributed by atoms with Crippen molar-refractivity contribution in [2.75, 3.05) is 26.2 Å². The van der Waals surface area contributed by atoms with Crippen LogP contribution >= 0.6 is 27.3 Å². The van der Waals surface area contributed by atoms with Gasteiger partial charge < -0.3 is 10.1 Å². The molecule has 2 rings (SSSR count). The van der Waals surface area contributed by atoms with Crippen LogP contribution in [0.2, 0.25) is 0 Å². The largest absolute Gasteiger partial charge is 0.377 e. The summed E-state index contributed by atoms with van der Waals surface area (Å²) in [6.45, 7) is 2.65. The molecule has 0 amide bonds. The summed E-state index contributed by atoms with van der Waals surface area (Å²) in [6, 6.07) is 1.73. The van der Waals surface area contributed by atoms with Crippen LogP contribution in [0.1, 0.15) is 12.8 Å². The second-order valence-corrected chi connectivity index (χ2v) is 8.01. The van der Waals surface area contributed by atoms with Crippen LogP contribution in [0.5, 0.6) is 0 Å². The van der Waals surface area contributed by atoms with E-state index in [2.05, 4.69) is 26.0 Å². The molecule has 2 heterocycles. The van der Waals surface area contributed by atoms with E-state index < -0.39 is 10.0 Å². The highest BCUT2D eigenvalue weighted by Crippen LogP contribution is 2.27. The van der Waals surface area contributed by atoms with Gasteiger partial charge in [-0.2, -0.15) is 0 Å². The van der Waals surface area contributed by atoms with Crippen LogP contribution < -0.4 is 10.0 Å². The van der Waals surface area contributed by atoms with E-state index >= 15 is 0 Å². The molecule has 2 N–H and O–H groups in total. The number of thiophene rings is 1. The average Bonchev–Trinajstić information content (AvgIpc) is 2.83. The molecule has 8 heteroatoms. The Morgan fingerprint density at radius 1 is 1.47 bits per heavy atom. The van der Waals surface area contributed by atoms with Gasteiger partial charge in [0.05, 0.1) is 12.7 Å². The van der Waals surface area contributed by atoms with Crippen molar-refractivity contribution < 1.29 is 13.2 Å². The molecule has 1 aliphatic heterocycles. The summed E-state index contributed by atoms with van der Waals surface area (Å²) in [4.78, 5) is 0. The lowest BCUT2D eigenvalue weighted by molar-refractivity contribution is 0.0367. The van der Waals surface area contributed by atoms with Gasteiger partial charge in [-0.15, -0.1) is 11.3 Å². The third-order valence-corrected chi connectivity index (χ3v) is 6.99.